The molecule has 1 aliphatic carbocycles. The summed E-state index contributed by atoms with van der Waals surface area (Å²) < 4.78 is 5.47. The summed E-state index contributed by atoms with van der Waals surface area (Å²) in [6.07, 6.45) is 3.64. The van der Waals surface area contributed by atoms with E-state index < -0.39 is 5.97 Å². The van der Waals surface area contributed by atoms with Crippen LogP contribution in [0.5, 0.6) is 0 Å². The van der Waals surface area contributed by atoms with Crippen LogP contribution in [0.15, 0.2) is 10.5 Å². The monoisotopic (exact) mass is 265 g/mol. The van der Waals surface area contributed by atoms with Gasteiger partial charge in [0.05, 0.1) is 6.54 Å². The van der Waals surface area contributed by atoms with Gasteiger partial charge in [-0.25, -0.2) is 4.79 Å². The van der Waals surface area contributed by atoms with Crippen molar-refractivity contribution in [3.05, 3.63) is 23.2 Å². The fourth-order valence-electron chi connectivity index (χ4n) is 2.82. The van der Waals surface area contributed by atoms with E-state index in [2.05, 4.69) is 19.2 Å². The molecule has 1 saturated carbocycles. The van der Waals surface area contributed by atoms with Crippen LogP contribution in [0.2, 0.25) is 0 Å². The minimum Gasteiger partial charge on any atom is -0.478 e. The number of furan rings is 1. The molecule has 0 spiro atoms. The van der Waals surface area contributed by atoms with Crippen LogP contribution in [0.1, 0.15) is 55.0 Å². The van der Waals surface area contributed by atoms with Crippen LogP contribution in [-0.2, 0) is 6.54 Å². The van der Waals surface area contributed by atoms with Gasteiger partial charge in [0.15, 0.2) is 0 Å². The zero-order valence-corrected chi connectivity index (χ0v) is 11.9. The summed E-state index contributed by atoms with van der Waals surface area (Å²) in [5, 5.41) is 12.5. The summed E-state index contributed by atoms with van der Waals surface area (Å²) in [7, 11) is 0. The Morgan fingerprint density at radius 2 is 2.16 bits per heavy atom. The maximum absolute atomic E-state index is 10.9. The molecule has 3 atom stereocenters. The Hall–Kier alpha value is -1.29. The van der Waals surface area contributed by atoms with Gasteiger partial charge in [0.2, 0.25) is 0 Å². The van der Waals surface area contributed by atoms with E-state index in [1.165, 1.54) is 19.3 Å². The summed E-state index contributed by atoms with van der Waals surface area (Å²) >= 11 is 0. The average molecular weight is 265 g/mol. The number of nitrogens with one attached hydrogen (secondary N) is 1. The number of hydrogen-bond acceptors (Lipinski definition) is 3. The maximum atomic E-state index is 10.9. The standard InChI is InChI=1S/C15H23NO3/c1-9-4-5-12(6-10(9)2)16-8-13-7-14(15(17)18)11(3)19-13/h7,9-10,12,16H,4-6,8H2,1-3H3,(H,17,18). The second-order valence-corrected chi connectivity index (χ2v) is 5.83. The molecule has 106 valence electrons. The van der Waals surface area contributed by atoms with E-state index in [9.17, 15) is 4.79 Å². The smallest absolute Gasteiger partial charge is 0.339 e. The molecule has 2 N–H and O–H groups in total. The second-order valence-electron chi connectivity index (χ2n) is 5.83. The van der Waals surface area contributed by atoms with Gasteiger partial charge < -0.3 is 14.8 Å². The molecule has 19 heavy (non-hydrogen) atoms. The molecule has 0 amide bonds. The Morgan fingerprint density at radius 1 is 1.42 bits per heavy atom. The maximum Gasteiger partial charge on any atom is 0.339 e. The fourth-order valence-corrected chi connectivity index (χ4v) is 2.82. The Bertz CT molecular complexity index is 452. The summed E-state index contributed by atoms with van der Waals surface area (Å²) in [4.78, 5) is 10.9. The third-order valence-electron chi connectivity index (χ3n) is 4.36. The van der Waals surface area contributed by atoms with Gasteiger partial charge in [-0.3, -0.25) is 0 Å². The lowest BCUT2D eigenvalue weighted by molar-refractivity contribution is 0.0695. The van der Waals surface area contributed by atoms with Crippen LogP contribution in [0.4, 0.5) is 0 Å². The molecule has 0 bridgehead atoms. The number of carboxylic acid groups (broad SMARTS) is 1. The Labute approximate surface area is 114 Å². The first-order valence-electron chi connectivity index (χ1n) is 7.03. The van der Waals surface area contributed by atoms with Gasteiger partial charge in [-0.1, -0.05) is 13.8 Å². The van der Waals surface area contributed by atoms with Crippen LogP contribution in [0.25, 0.3) is 0 Å². The summed E-state index contributed by atoms with van der Waals surface area (Å²) in [5.41, 5.74) is 0.266. The van der Waals surface area contributed by atoms with E-state index >= 15 is 0 Å². The van der Waals surface area contributed by atoms with Gasteiger partial charge in [-0.15, -0.1) is 0 Å². The van der Waals surface area contributed by atoms with Crippen molar-refractivity contribution in [3.8, 4) is 0 Å². The number of aryl methyl sites for hydroxylation is 1. The normalized spacial score (nSPS) is 27.4. The number of hydrogen-bond donors (Lipinski definition) is 2. The molecule has 1 aromatic rings. The minimum atomic E-state index is -0.924. The molecule has 3 unspecified atom stereocenters. The molecule has 4 nitrogen and oxygen atoms in total. The molecule has 1 fully saturated rings. The Kier molecular flexibility index (Phi) is 4.30. The first kappa shape index (κ1) is 14.1. The highest BCUT2D eigenvalue weighted by Gasteiger charge is 2.24. The van der Waals surface area contributed by atoms with Gasteiger partial charge in [-0.2, -0.15) is 0 Å². The van der Waals surface area contributed by atoms with Gasteiger partial charge in [0.1, 0.15) is 17.1 Å². The number of carboxylic acids is 1. The van der Waals surface area contributed by atoms with Crippen LogP contribution < -0.4 is 5.32 Å². The van der Waals surface area contributed by atoms with E-state index in [1.807, 2.05) is 0 Å². The number of rotatable bonds is 4. The lowest BCUT2D eigenvalue weighted by Crippen LogP contribution is -2.35. The topological polar surface area (TPSA) is 62.5 Å². The van der Waals surface area contributed by atoms with E-state index in [0.29, 0.717) is 24.1 Å². The zero-order valence-electron chi connectivity index (χ0n) is 11.9. The third kappa shape index (κ3) is 3.38. The molecule has 1 heterocycles. The molecule has 1 aromatic heterocycles. The SMILES string of the molecule is Cc1oc(CNC2CCC(C)C(C)C2)cc1C(=O)O. The van der Waals surface area contributed by atoms with Crippen LogP contribution in [-0.4, -0.2) is 17.1 Å². The van der Waals surface area contributed by atoms with Crippen LogP contribution in [0, 0.1) is 18.8 Å². The summed E-state index contributed by atoms with van der Waals surface area (Å²) in [6.45, 7) is 6.92. The molecular weight excluding hydrogens is 242 g/mol. The van der Waals surface area contributed by atoms with Crippen molar-refractivity contribution in [2.24, 2.45) is 11.8 Å². The highest BCUT2D eigenvalue weighted by atomic mass is 16.4. The van der Waals surface area contributed by atoms with Crippen LogP contribution >= 0.6 is 0 Å². The van der Waals surface area contributed by atoms with Crippen molar-refractivity contribution < 1.29 is 14.3 Å². The first-order valence-corrected chi connectivity index (χ1v) is 7.03. The average Bonchev–Trinajstić information content (AvgIpc) is 2.72. The highest BCUT2D eigenvalue weighted by molar-refractivity contribution is 5.88. The van der Waals surface area contributed by atoms with Crippen LogP contribution in [0.3, 0.4) is 0 Å². The molecule has 0 aromatic carbocycles. The largest absolute Gasteiger partial charge is 0.478 e. The fraction of sp³-hybridized carbons (Fsp3) is 0.667. The van der Waals surface area contributed by atoms with E-state index in [-0.39, 0.29) is 5.56 Å². The number of aromatic carboxylic acids is 1. The van der Waals surface area contributed by atoms with Gasteiger partial charge in [-0.05, 0) is 44.1 Å². The predicted octanol–water partition coefficient (Wildman–Crippen LogP) is 3.20. The van der Waals surface area contributed by atoms with Gasteiger partial charge >= 0.3 is 5.97 Å². The number of carbonyl (C=O) groups is 1. The second kappa shape index (κ2) is 5.78. The van der Waals surface area contributed by atoms with Gasteiger partial charge in [0, 0.05) is 6.04 Å². The van der Waals surface area contributed by atoms with Gasteiger partial charge in [0.25, 0.3) is 0 Å². The lowest BCUT2D eigenvalue weighted by Gasteiger charge is -2.32. The van der Waals surface area contributed by atoms with Crippen molar-refractivity contribution in [2.45, 2.75) is 52.6 Å². The molecule has 0 radical (unpaired) electrons. The quantitative estimate of drug-likeness (QED) is 0.877. The highest BCUT2D eigenvalue weighted by Crippen LogP contribution is 2.29. The van der Waals surface area contributed by atoms with E-state index in [1.54, 1.807) is 13.0 Å². The Balaban J connectivity index is 1.89. The lowest BCUT2D eigenvalue weighted by atomic mass is 9.79. The van der Waals surface area contributed by atoms with Crippen molar-refractivity contribution in [1.29, 1.82) is 0 Å². The molecule has 0 saturated heterocycles. The minimum absolute atomic E-state index is 0.266. The third-order valence-corrected chi connectivity index (χ3v) is 4.36. The van der Waals surface area contributed by atoms with Crippen molar-refractivity contribution in [1.82, 2.24) is 5.32 Å². The van der Waals surface area contributed by atoms with E-state index in [4.69, 9.17) is 9.52 Å². The molecule has 2 rings (SSSR count). The predicted molar refractivity (Wildman–Crippen MR) is 73.2 cm³/mol. The summed E-state index contributed by atoms with van der Waals surface area (Å²) in [5.74, 6) is 1.82. The van der Waals surface area contributed by atoms with Crippen molar-refractivity contribution in [2.75, 3.05) is 0 Å². The first-order chi connectivity index (χ1) is 8.97. The van der Waals surface area contributed by atoms with E-state index in [0.717, 1.165) is 11.8 Å². The summed E-state index contributed by atoms with van der Waals surface area (Å²) in [6, 6.07) is 2.14. The molecule has 1 aliphatic rings. The van der Waals surface area contributed by atoms with Crippen molar-refractivity contribution >= 4 is 5.97 Å². The molecular formula is C15H23NO3. The Morgan fingerprint density at radius 3 is 2.74 bits per heavy atom. The molecule has 4 heteroatoms. The zero-order chi connectivity index (χ0) is 14.0. The molecule has 0 aliphatic heterocycles. The van der Waals surface area contributed by atoms with Crippen molar-refractivity contribution in [3.63, 3.8) is 0 Å².